The molecular weight excluding hydrogens is 312 g/mol. The van der Waals surface area contributed by atoms with E-state index in [4.69, 9.17) is 21.4 Å². The second kappa shape index (κ2) is 6.66. The lowest BCUT2D eigenvalue weighted by molar-refractivity contribution is -0.140. The van der Waals surface area contributed by atoms with Crippen LogP contribution in [-0.4, -0.2) is 11.1 Å². The van der Waals surface area contributed by atoms with E-state index in [9.17, 15) is 4.79 Å². The zero-order chi connectivity index (χ0) is 16.2. The highest BCUT2D eigenvalue weighted by atomic mass is 32.1. The molecule has 1 aliphatic rings. The van der Waals surface area contributed by atoms with Crippen molar-refractivity contribution >= 4 is 23.3 Å². The Morgan fingerprint density at radius 2 is 2.04 bits per heavy atom. The van der Waals surface area contributed by atoms with Crippen molar-refractivity contribution in [1.82, 2.24) is 10.6 Å². The molecule has 5 nitrogen and oxygen atoms in total. The lowest BCUT2D eigenvalue weighted by Crippen LogP contribution is -2.45. The van der Waals surface area contributed by atoms with Crippen LogP contribution in [0.5, 0.6) is 0 Å². The summed E-state index contributed by atoms with van der Waals surface area (Å²) in [7, 11) is 0. The molecule has 1 aliphatic heterocycles. The van der Waals surface area contributed by atoms with Crippen molar-refractivity contribution < 1.29 is 13.9 Å². The van der Waals surface area contributed by atoms with Crippen molar-refractivity contribution in [1.29, 1.82) is 0 Å². The summed E-state index contributed by atoms with van der Waals surface area (Å²) in [6, 6.07) is 12.6. The number of benzene rings is 1. The molecule has 6 heteroatoms. The van der Waals surface area contributed by atoms with Crippen LogP contribution in [0.4, 0.5) is 0 Å². The first-order valence-electron chi connectivity index (χ1n) is 7.18. The van der Waals surface area contributed by atoms with Gasteiger partial charge in [0.1, 0.15) is 18.4 Å². The fraction of sp³-hybridized carbons (Fsp3) is 0.176. The summed E-state index contributed by atoms with van der Waals surface area (Å²) in [5.41, 5.74) is 2.05. The Kier molecular flexibility index (Phi) is 4.43. The van der Waals surface area contributed by atoms with Gasteiger partial charge in [0.25, 0.3) is 0 Å². The third kappa shape index (κ3) is 3.43. The Morgan fingerprint density at radius 3 is 2.74 bits per heavy atom. The van der Waals surface area contributed by atoms with Gasteiger partial charge in [0.2, 0.25) is 0 Å². The molecule has 2 aromatic rings. The molecule has 3 rings (SSSR count). The van der Waals surface area contributed by atoms with Crippen molar-refractivity contribution in [2.45, 2.75) is 19.6 Å². The smallest absolute Gasteiger partial charge is 0.338 e. The third-order valence-electron chi connectivity index (χ3n) is 3.53. The van der Waals surface area contributed by atoms with Gasteiger partial charge < -0.3 is 19.8 Å². The molecule has 0 saturated heterocycles. The van der Waals surface area contributed by atoms with Gasteiger partial charge in [0.15, 0.2) is 5.11 Å². The van der Waals surface area contributed by atoms with E-state index in [1.807, 2.05) is 30.3 Å². The van der Waals surface area contributed by atoms with Gasteiger partial charge in [0.05, 0.1) is 11.8 Å². The first kappa shape index (κ1) is 15.3. The zero-order valence-electron chi connectivity index (χ0n) is 12.5. The Balaban J connectivity index is 1.81. The maximum atomic E-state index is 12.5. The predicted molar refractivity (Wildman–Crippen MR) is 89.3 cm³/mol. The number of carbonyl (C=O) groups excluding carboxylic acids is 1. The van der Waals surface area contributed by atoms with Crippen LogP contribution in [0.25, 0.3) is 0 Å². The van der Waals surface area contributed by atoms with E-state index in [0.717, 1.165) is 5.56 Å². The standard InChI is InChI=1S/C17H16N2O3S/c1-11-14(16(20)22-10-12-6-3-2-4-7-12)15(19-17(23)18-11)13-8-5-9-21-13/h2-9,15H,10H2,1H3,(H2,18,19,23). The molecular formula is C17H16N2O3S. The minimum Gasteiger partial charge on any atom is -0.467 e. The molecule has 118 valence electrons. The van der Waals surface area contributed by atoms with Gasteiger partial charge in [-0.15, -0.1) is 0 Å². The highest BCUT2D eigenvalue weighted by Gasteiger charge is 2.32. The molecule has 0 aliphatic carbocycles. The maximum absolute atomic E-state index is 12.5. The van der Waals surface area contributed by atoms with Crippen molar-refractivity contribution in [2.75, 3.05) is 0 Å². The van der Waals surface area contributed by atoms with Gasteiger partial charge in [-0.05, 0) is 36.8 Å². The number of ether oxygens (including phenoxy) is 1. The summed E-state index contributed by atoms with van der Waals surface area (Å²) in [5.74, 6) is 0.204. The number of carbonyl (C=O) groups is 1. The summed E-state index contributed by atoms with van der Waals surface area (Å²) in [6.45, 7) is 2.01. The van der Waals surface area contributed by atoms with E-state index in [1.54, 1.807) is 25.3 Å². The highest BCUT2D eigenvalue weighted by Crippen LogP contribution is 2.28. The minimum absolute atomic E-state index is 0.214. The SMILES string of the molecule is CC1=C(C(=O)OCc2ccccc2)C(c2ccco2)NC(=S)N1. The van der Waals surface area contributed by atoms with Gasteiger partial charge in [-0.25, -0.2) is 4.79 Å². The topological polar surface area (TPSA) is 63.5 Å². The van der Waals surface area contributed by atoms with Crippen LogP contribution < -0.4 is 10.6 Å². The summed E-state index contributed by atoms with van der Waals surface area (Å²) in [4.78, 5) is 12.5. The van der Waals surface area contributed by atoms with Crippen molar-refractivity contribution in [3.8, 4) is 0 Å². The van der Waals surface area contributed by atoms with Crippen LogP contribution in [0.1, 0.15) is 24.3 Å². The van der Waals surface area contributed by atoms with Gasteiger partial charge in [0, 0.05) is 5.70 Å². The lowest BCUT2D eigenvalue weighted by atomic mass is 10.0. The van der Waals surface area contributed by atoms with E-state index < -0.39 is 12.0 Å². The number of allylic oxidation sites excluding steroid dienone is 1. The summed E-state index contributed by atoms with van der Waals surface area (Å²) in [5, 5.41) is 6.45. The van der Waals surface area contributed by atoms with Crippen LogP contribution in [0.15, 0.2) is 64.4 Å². The van der Waals surface area contributed by atoms with E-state index in [2.05, 4.69) is 10.6 Å². The molecule has 0 saturated carbocycles. The Hall–Kier alpha value is -2.60. The number of hydrogen-bond acceptors (Lipinski definition) is 4. The summed E-state index contributed by atoms with van der Waals surface area (Å²) < 4.78 is 10.9. The second-order valence-electron chi connectivity index (χ2n) is 5.15. The second-order valence-corrected chi connectivity index (χ2v) is 5.56. The van der Waals surface area contributed by atoms with Crippen LogP contribution in [-0.2, 0) is 16.1 Å². The fourth-order valence-corrected chi connectivity index (χ4v) is 2.71. The Bertz CT molecular complexity index is 738. The maximum Gasteiger partial charge on any atom is 0.338 e. The van der Waals surface area contributed by atoms with Crippen LogP contribution in [0, 0.1) is 0 Å². The van der Waals surface area contributed by atoms with Crippen molar-refractivity contribution in [3.63, 3.8) is 0 Å². The number of rotatable bonds is 4. The van der Waals surface area contributed by atoms with E-state index in [0.29, 0.717) is 22.1 Å². The van der Waals surface area contributed by atoms with Crippen molar-refractivity contribution in [2.24, 2.45) is 0 Å². The number of nitrogens with one attached hydrogen (secondary N) is 2. The number of esters is 1. The molecule has 0 fully saturated rings. The zero-order valence-corrected chi connectivity index (χ0v) is 13.4. The molecule has 1 unspecified atom stereocenters. The molecule has 1 aromatic carbocycles. The first-order valence-corrected chi connectivity index (χ1v) is 7.58. The quantitative estimate of drug-likeness (QED) is 0.665. The van der Waals surface area contributed by atoms with E-state index >= 15 is 0 Å². The number of furan rings is 1. The molecule has 2 heterocycles. The minimum atomic E-state index is -0.456. The molecule has 1 aromatic heterocycles. The van der Waals surface area contributed by atoms with E-state index in [-0.39, 0.29) is 6.61 Å². The average Bonchev–Trinajstić information content (AvgIpc) is 3.07. The van der Waals surface area contributed by atoms with Gasteiger partial charge in [-0.1, -0.05) is 30.3 Å². The van der Waals surface area contributed by atoms with Crippen LogP contribution in [0.3, 0.4) is 0 Å². The van der Waals surface area contributed by atoms with Gasteiger partial charge in [-0.3, -0.25) is 0 Å². The van der Waals surface area contributed by atoms with Gasteiger partial charge in [-0.2, -0.15) is 0 Å². The lowest BCUT2D eigenvalue weighted by Gasteiger charge is -2.28. The summed E-state index contributed by atoms with van der Waals surface area (Å²) in [6.07, 6.45) is 1.56. The van der Waals surface area contributed by atoms with Crippen molar-refractivity contribution in [3.05, 3.63) is 71.3 Å². The summed E-state index contributed by atoms with van der Waals surface area (Å²) >= 11 is 5.16. The van der Waals surface area contributed by atoms with Crippen LogP contribution >= 0.6 is 12.2 Å². The number of hydrogen-bond donors (Lipinski definition) is 2. The molecule has 23 heavy (non-hydrogen) atoms. The number of thiocarbonyl (C=S) groups is 1. The molecule has 1 atom stereocenters. The monoisotopic (exact) mass is 328 g/mol. The predicted octanol–water partition coefficient (Wildman–Crippen LogP) is 2.82. The molecule has 0 amide bonds. The first-order chi connectivity index (χ1) is 11.1. The Labute approximate surface area is 139 Å². The molecule has 0 radical (unpaired) electrons. The van der Waals surface area contributed by atoms with E-state index in [1.165, 1.54) is 0 Å². The Morgan fingerprint density at radius 1 is 1.26 bits per heavy atom. The van der Waals surface area contributed by atoms with Crippen LogP contribution in [0.2, 0.25) is 0 Å². The molecule has 0 spiro atoms. The molecule has 2 N–H and O–H groups in total. The van der Waals surface area contributed by atoms with Gasteiger partial charge >= 0.3 is 5.97 Å². The largest absolute Gasteiger partial charge is 0.467 e. The average molecular weight is 328 g/mol. The highest BCUT2D eigenvalue weighted by molar-refractivity contribution is 7.80. The molecule has 0 bridgehead atoms. The normalized spacial score (nSPS) is 17.4. The fourth-order valence-electron chi connectivity index (χ4n) is 2.43. The third-order valence-corrected chi connectivity index (χ3v) is 3.75.